The van der Waals surface area contributed by atoms with E-state index in [2.05, 4.69) is 10.6 Å². The van der Waals surface area contributed by atoms with Crippen molar-refractivity contribution < 1.29 is 9.59 Å². The second-order valence-electron chi connectivity index (χ2n) is 5.58. The van der Waals surface area contributed by atoms with Crippen molar-refractivity contribution in [3.63, 3.8) is 0 Å². The molecule has 0 aliphatic heterocycles. The molecule has 0 aromatic carbocycles. The van der Waals surface area contributed by atoms with E-state index < -0.39 is 6.04 Å². The van der Waals surface area contributed by atoms with Gasteiger partial charge in [-0.3, -0.25) is 9.59 Å². The minimum Gasteiger partial charge on any atom is -0.354 e. The van der Waals surface area contributed by atoms with Crippen LogP contribution in [0.1, 0.15) is 34.6 Å². The van der Waals surface area contributed by atoms with Crippen LogP contribution in [-0.2, 0) is 9.59 Å². The molecular weight excluding hydrogens is 218 g/mol. The number of amides is 2. The van der Waals surface area contributed by atoms with E-state index in [0.717, 1.165) is 0 Å². The second kappa shape index (κ2) is 6.59. The lowest BCUT2D eigenvalue weighted by Crippen LogP contribution is -2.50. The molecule has 0 aliphatic rings. The quantitative estimate of drug-likeness (QED) is 0.605. The molecule has 17 heavy (non-hydrogen) atoms. The molecule has 0 rings (SSSR count). The number of hydrogen-bond acceptors (Lipinski definition) is 3. The lowest BCUT2D eigenvalue weighted by molar-refractivity contribution is -0.126. The van der Waals surface area contributed by atoms with Crippen molar-refractivity contribution in [2.45, 2.75) is 40.7 Å². The molecule has 100 valence electrons. The molecule has 0 saturated carbocycles. The van der Waals surface area contributed by atoms with Crippen LogP contribution in [0.15, 0.2) is 0 Å². The highest BCUT2D eigenvalue weighted by Crippen LogP contribution is 2.16. The van der Waals surface area contributed by atoms with E-state index in [1.165, 1.54) is 0 Å². The first-order chi connectivity index (χ1) is 7.66. The Labute approximate surface area is 104 Å². The number of hydrogen-bond donors (Lipinski definition) is 3. The third kappa shape index (κ3) is 6.26. The summed E-state index contributed by atoms with van der Waals surface area (Å²) in [5.74, 6) is -0.238. The fraction of sp³-hybridized carbons (Fsp3) is 0.833. The van der Waals surface area contributed by atoms with Crippen molar-refractivity contribution in [3.05, 3.63) is 0 Å². The molecule has 0 aliphatic carbocycles. The molecule has 0 spiro atoms. The van der Waals surface area contributed by atoms with E-state index in [4.69, 9.17) is 5.73 Å². The summed E-state index contributed by atoms with van der Waals surface area (Å²) in [5, 5.41) is 5.43. The molecular formula is C12H25N3O2. The Balaban J connectivity index is 3.84. The van der Waals surface area contributed by atoms with Crippen molar-refractivity contribution >= 4 is 11.8 Å². The minimum absolute atomic E-state index is 0.0145. The number of carbonyl (C=O) groups excluding carboxylic acids is 2. The predicted octanol–water partition coefficient (Wildman–Crippen LogP) is 0.248. The molecule has 4 N–H and O–H groups in total. The summed E-state index contributed by atoms with van der Waals surface area (Å²) in [5.41, 5.74) is 5.53. The highest BCUT2D eigenvalue weighted by atomic mass is 16.2. The SMILES string of the molecule is CC(C)C(=O)NCCNC(=O)[C@@H](N)C(C)(C)C. The highest BCUT2D eigenvalue weighted by Gasteiger charge is 2.26. The molecule has 2 amide bonds. The van der Waals surface area contributed by atoms with Crippen molar-refractivity contribution in [1.82, 2.24) is 10.6 Å². The molecule has 0 saturated heterocycles. The van der Waals surface area contributed by atoms with Gasteiger partial charge in [0.25, 0.3) is 0 Å². The predicted molar refractivity (Wildman–Crippen MR) is 68.3 cm³/mol. The molecule has 0 fully saturated rings. The van der Waals surface area contributed by atoms with Crippen molar-refractivity contribution in [1.29, 1.82) is 0 Å². The van der Waals surface area contributed by atoms with Crippen LogP contribution in [0.5, 0.6) is 0 Å². The van der Waals surface area contributed by atoms with Gasteiger partial charge in [0.2, 0.25) is 11.8 Å². The molecule has 0 radical (unpaired) electrons. The third-order valence-corrected chi connectivity index (χ3v) is 2.46. The van der Waals surface area contributed by atoms with E-state index in [1.54, 1.807) is 0 Å². The third-order valence-electron chi connectivity index (χ3n) is 2.46. The fourth-order valence-corrected chi connectivity index (χ4v) is 1.08. The van der Waals surface area contributed by atoms with Gasteiger partial charge in [0, 0.05) is 19.0 Å². The maximum atomic E-state index is 11.6. The van der Waals surface area contributed by atoms with Gasteiger partial charge in [0.05, 0.1) is 6.04 Å². The Morgan fingerprint density at radius 3 is 1.82 bits per heavy atom. The molecule has 5 nitrogen and oxygen atoms in total. The first kappa shape index (κ1) is 15.9. The van der Waals surface area contributed by atoms with Crippen LogP contribution >= 0.6 is 0 Å². The highest BCUT2D eigenvalue weighted by molar-refractivity contribution is 5.82. The van der Waals surface area contributed by atoms with Gasteiger partial charge in [0.1, 0.15) is 0 Å². The van der Waals surface area contributed by atoms with Crippen molar-refractivity contribution in [2.75, 3.05) is 13.1 Å². The standard InChI is InChI=1S/C12H25N3O2/c1-8(2)10(16)14-6-7-15-11(17)9(13)12(3,4)5/h8-9H,6-7,13H2,1-5H3,(H,14,16)(H,15,17)/t9-/m1/s1. The minimum atomic E-state index is -0.539. The average molecular weight is 243 g/mol. The monoisotopic (exact) mass is 243 g/mol. The average Bonchev–Trinajstić information content (AvgIpc) is 2.20. The van der Waals surface area contributed by atoms with Gasteiger partial charge in [-0.1, -0.05) is 34.6 Å². The summed E-state index contributed by atoms with van der Waals surface area (Å²) in [6, 6.07) is -0.539. The summed E-state index contributed by atoms with van der Waals surface area (Å²) in [6.07, 6.45) is 0. The maximum absolute atomic E-state index is 11.6. The lowest BCUT2D eigenvalue weighted by Gasteiger charge is -2.25. The van der Waals surface area contributed by atoms with Crippen LogP contribution in [0.2, 0.25) is 0 Å². The van der Waals surface area contributed by atoms with E-state index in [0.29, 0.717) is 13.1 Å². The van der Waals surface area contributed by atoms with Gasteiger partial charge in [-0.25, -0.2) is 0 Å². The number of nitrogens with one attached hydrogen (secondary N) is 2. The van der Waals surface area contributed by atoms with Gasteiger partial charge >= 0.3 is 0 Å². The van der Waals surface area contributed by atoms with Crippen LogP contribution < -0.4 is 16.4 Å². The van der Waals surface area contributed by atoms with E-state index in [1.807, 2.05) is 34.6 Å². The summed E-state index contributed by atoms with van der Waals surface area (Å²) in [4.78, 5) is 22.9. The molecule has 0 unspecified atom stereocenters. The number of rotatable bonds is 5. The Hall–Kier alpha value is -1.10. The van der Waals surface area contributed by atoms with Gasteiger partial charge in [0.15, 0.2) is 0 Å². The van der Waals surface area contributed by atoms with Crippen LogP contribution in [0.25, 0.3) is 0 Å². The largest absolute Gasteiger partial charge is 0.354 e. The fourth-order valence-electron chi connectivity index (χ4n) is 1.08. The Kier molecular flexibility index (Phi) is 6.16. The second-order valence-corrected chi connectivity index (χ2v) is 5.58. The number of carbonyl (C=O) groups is 2. The van der Waals surface area contributed by atoms with Crippen molar-refractivity contribution in [3.8, 4) is 0 Å². The van der Waals surface area contributed by atoms with Gasteiger partial charge in [-0.2, -0.15) is 0 Å². The van der Waals surface area contributed by atoms with Crippen LogP contribution in [0.3, 0.4) is 0 Å². The first-order valence-electron chi connectivity index (χ1n) is 5.97. The van der Waals surface area contributed by atoms with E-state index in [-0.39, 0.29) is 23.1 Å². The zero-order valence-electron chi connectivity index (χ0n) is 11.5. The topological polar surface area (TPSA) is 84.2 Å². The zero-order chi connectivity index (χ0) is 13.6. The lowest BCUT2D eigenvalue weighted by atomic mass is 9.87. The van der Waals surface area contributed by atoms with E-state index >= 15 is 0 Å². The zero-order valence-corrected chi connectivity index (χ0v) is 11.5. The summed E-state index contributed by atoms with van der Waals surface area (Å²) >= 11 is 0. The molecule has 0 aromatic rings. The summed E-state index contributed by atoms with van der Waals surface area (Å²) in [7, 11) is 0. The smallest absolute Gasteiger partial charge is 0.237 e. The van der Waals surface area contributed by atoms with Crippen molar-refractivity contribution in [2.24, 2.45) is 17.1 Å². The summed E-state index contributed by atoms with van der Waals surface area (Å²) in [6.45, 7) is 10.2. The van der Waals surface area contributed by atoms with Gasteiger partial charge < -0.3 is 16.4 Å². The number of nitrogens with two attached hydrogens (primary N) is 1. The molecule has 1 atom stereocenters. The Morgan fingerprint density at radius 2 is 1.47 bits per heavy atom. The van der Waals surface area contributed by atoms with E-state index in [9.17, 15) is 9.59 Å². The Bertz CT molecular complexity index is 269. The van der Waals surface area contributed by atoms with Crippen LogP contribution in [0.4, 0.5) is 0 Å². The summed E-state index contributed by atoms with van der Waals surface area (Å²) < 4.78 is 0. The normalized spacial score (nSPS) is 13.4. The molecule has 0 heterocycles. The van der Waals surface area contributed by atoms with Gasteiger partial charge in [-0.05, 0) is 5.41 Å². The van der Waals surface area contributed by atoms with Gasteiger partial charge in [-0.15, -0.1) is 0 Å². The molecule has 5 heteroatoms. The maximum Gasteiger partial charge on any atom is 0.237 e. The Morgan fingerprint density at radius 1 is 1.06 bits per heavy atom. The first-order valence-corrected chi connectivity index (χ1v) is 5.97. The van der Waals surface area contributed by atoms with Crippen LogP contribution in [-0.4, -0.2) is 30.9 Å². The molecule has 0 bridgehead atoms. The van der Waals surface area contributed by atoms with Crippen LogP contribution in [0, 0.1) is 11.3 Å². The molecule has 0 aromatic heterocycles.